The van der Waals surface area contributed by atoms with Gasteiger partial charge in [-0.2, -0.15) is 0 Å². The van der Waals surface area contributed by atoms with Gasteiger partial charge in [-0.15, -0.1) is 0 Å². The lowest BCUT2D eigenvalue weighted by Crippen LogP contribution is -2.00. The van der Waals surface area contributed by atoms with Crippen LogP contribution in [0.25, 0.3) is 32.9 Å². The Morgan fingerprint density at radius 2 is 1.50 bits per heavy atom. The monoisotopic (exact) mass is 288 g/mol. The van der Waals surface area contributed by atoms with E-state index in [0.717, 1.165) is 16.5 Å². The summed E-state index contributed by atoms with van der Waals surface area (Å²) in [5.41, 5.74) is 1.84. The standard InChI is InChI=1S/C19H12O3/c20-16-11-13(12-6-2-1-3-7-12)10-15-14-8-4-5-9-17(14)22-19(21)18(15)16/h1-11,20H. The molecule has 0 atom stereocenters. The zero-order valence-corrected chi connectivity index (χ0v) is 11.6. The van der Waals surface area contributed by atoms with Crippen LogP contribution in [0, 0.1) is 0 Å². The maximum atomic E-state index is 12.1. The van der Waals surface area contributed by atoms with E-state index in [0.29, 0.717) is 11.0 Å². The molecule has 4 rings (SSSR count). The second-order valence-corrected chi connectivity index (χ2v) is 5.17. The highest BCUT2D eigenvalue weighted by Gasteiger charge is 2.13. The summed E-state index contributed by atoms with van der Waals surface area (Å²) >= 11 is 0. The molecule has 22 heavy (non-hydrogen) atoms. The van der Waals surface area contributed by atoms with Crippen molar-refractivity contribution in [2.24, 2.45) is 0 Å². The van der Waals surface area contributed by atoms with Crippen LogP contribution in [0.2, 0.25) is 0 Å². The molecular formula is C19H12O3. The van der Waals surface area contributed by atoms with E-state index in [4.69, 9.17) is 4.42 Å². The molecule has 4 aromatic rings. The van der Waals surface area contributed by atoms with E-state index in [-0.39, 0.29) is 11.1 Å². The highest BCUT2D eigenvalue weighted by molar-refractivity contribution is 6.07. The number of fused-ring (bicyclic) bond motifs is 3. The van der Waals surface area contributed by atoms with E-state index in [9.17, 15) is 9.90 Å². The van der Waals surface area contributed by atoms with Gasteiger partial charge in [-0.3, -0.25) is 0 Å². The largest absolute Gasteiger partial charge is 0.507 e. The van der Waals surface area contributed by atoms with Gasteiger partial charge in [0.15, 0.2) is 0 Å². The number of rotatable bonds is 1. The smallest absolute Gasteiger partial charge is 0.347 e. The normalized spacial score (nSPS) is 11.1. The number of benzene rings is 3. The third-order valence-electron chi connectivity index (χ3n) is 3.81. The van der Waals surface area contributed by atoms with Crippen molar-refractivity contribution in [3.8, 4) is 16.9 Å². The third kappa shape index (κ3) is 1.87. The SMILES string of the molecule is O=c1oc2ccccc2c2cc(-c3ccccc3)cc(O)c12. The zero-order valence-electron chi connectivity index (χ0n) is 11.6. The van der Waals surface area contributed by atoms with Crippen molar-refractivity contribution in [1.82, 2.24) is 0 Å². The molecule has 0 unspecified atom stereocenters. The Hall–Kier alpha value is -3.07. The Balaban J connectivity index is 2.17. The van der Waals surface area contributed by atoms with Gasteiger partial charge in [0.2, 0.25) is 0 Å². The number of phenols is 1. The summed E-state index contributed by atoms with van der Waals surface area (Å²) in [5, 5.41) is 12.0. The molecule has 0 saturated heterocycles. The molecule has 3 nitrogen and oxygen atoms in total. The maximum Gasteiger partial charge on any atom is 0.347 e. The quantitative estimate of drug-likeness (QED) is 0.419. The van der Waals surface area contributed by atoms with Crippen LogP contribution in [0.1, 0.15) is 0 Å². The van der Waals surface area contributed by atoms with Crippen molar-refractivity contribution in [3.63, 3.8) is 0 Å². The highest BCUT2D eigenvalue weighted by atomic mass is 16.4. The predicted octanol–water partition coefficient (Wildman–Crippen LogP) is 4.32. The first-order valence-electron chi connectivity index (χ1n) is 6.98. The number of para-hydroxylation sites is 1. The van der Waals surface area contributed by atoms with Gasteiger partial charge in [0.25, 0.3) is 0 Å². The summed E-state index contributed by atoms with van der Waals surface area (Å²) in [5.74, 6) is -0.0594. The van der Waals surface area contributed by atoms with E-state index >= 15 is 0 Å². The van der Waals surface area contributed by atoms with Crippen molar-refractivity contribution in [1.29, 1.82) is 0 Å². The minimum atomic E-state index is -0.522. The Bertz CT molecular complexity index is 1050. The Morgan fingerprint density at radius 3 is 2.32 bits per heavy atom. The molecule has 0 aliphatic heterocycles. The van der Waals surface area contributed by atoms with Crippen molar-refractivity contribution < 1.29 is 9.52 Å². The molecule has 0 fully saturated rings. The fraction of sp³-hybridized carbons (Fsp3) is 0. The fourth-order valence-corrected chi connectivity index (χ4v) is 2.78. The van der Waals surface area contributed by atoms with Crippen LogP contribution in [-0.4, -0.2) is 5.11 Å². The van der Waals surface area contributed by atoms with Crippen LogP contribution >= 0.6 is 0 Å². The minimum Gasteiger partial charge on any atom is -0.507 e. The van der Waals surface area contributed by atoms with E-state index < -0.39 is 5.63 Å². The average Bonchev–Trinajstić information content (AvgIpc) is 2.55. The molecule has 3 heteroatoms. The first-order chi connectivity index (χ1) is 10.7. The van der Waals surface area contributed by atoms with Crippen LogP contribution in [0.3, 0.4) is 0 Å². The lowest BCUT2D eigenvalue weighted by atomic mass is 9.99. The van der Waals surface area contributed by atoms with Gasteiger partial charge in [-0.25, -0.2) is 4.79 Å². The Morgan fingerprint density at radius 1 is 0.773 bits per heavy atom. The summed E-state index contributed by atoms with van der Waals surface area (Å²) in [6.07, 6.45) is 0. The second kappa shape index (κ2) is 4.74. The second-order valence-electron chi connectivity index (χ2n) is 5.17. The van der Waals surface area contributed by atoms with Crippen molar-refractivity contribution in [2.45, 2.75) is 0 Å². The molecule has 0 aliphatic carbocycles. The molecule has 1 N–H and O–H groups in total. The predicted molar refractivity (Wildman–Crippen MR) is 87.1 cm³/mol. The molecule has 106 valence electrons. The average molecular weight is 288 g/mol. The van der Waals surface area contributed by atoms with Crippen molar-refractivity contribution in [2.75, 3.05) is 0 Å². The van der Waals surface area contributed by atoms with Crippen molar-refractivity contribution >= 4 is 21.7 Å². The lowest BCUT2D eigenvalue weighted by Gasteiger charge is -2.08. The lowest BCUT2D eigenvalue weighted by molar-refractivity contribution is 0.478. The summed E-state index contributed by atoms with van der Waals surface area (Å²) in [6, 6.07) is 20.6. The van der Waals surface area contributed by atoms with Crippen LogP contribution < -0.4 is 5.63 Å². The third-order valence-corrected chi connectivity index (χ3v) is 3.81. The summed E-state index contributed by atoms with van der Waals surface area (Å²) in [7, 11) is 0. The molecule has 0 bridgehead atoms. The van der Waals surface area contributed by atoms with Gasteiger partial charge in [-0.1, -0.05) is 48.5 Å². The molecule has 1 heterocycles. The molecule has 0 radical (unpaired) electrons. The van der Waals surface area contributed by atoms with Crippen LogP contribution in [0.5, 0.6) is 5.75 Å². The van der Waals surface area contributed by atoms with E-state index in [1.165, 1.54) is 0 Å². The van der Waals surface area contributed by atoms with Gasteiger partial charge < -0.3 is 9.52 Å². The highest BCUT2D eigenvalue weighted by Crippen LogP contribution is 2.33. The molecular weight excluding hydrogens is 276 g/mol. The van der Waals surface area contributed by atoms with Crippen LogP contribution in [0.4, 0.5) is 0 Å². The minimum absolute atomic E-state index is 0.0594. The van der Waals surface area contributed by atoms with E-state index in [1.807, 2.05) is 54.6 Å². The molecule has 0 spiro atoms. The topological polar surface area (TPSA) is 50.4 Å². The van der Waals surface area contributed by atoms with E-state index in [2.05, 4.69) is 0 Å². The first kappa shape index (κ1) is 12.7. The van der Waals surface area contributed by atoms with Gasteiger partial charge in [-0.05, 0) is 29.3 Å². The van der Waals surface area contributed by atoms with Crippen LogP contribution in [0.15, 0.2) is 75.9 Å². The van der Waals surface area contributed by atoms with Crippen LogP contribution in [-0.2, 0) is 0 Å². The van der Waals surface area contributed by atoms with Gasteiger partial charge >= 0.3 is 5.63 Å². The fourth-order valence-electron chi connectivity index (χ4n) is 2.78. The molecule has 3 aromatic carbocycles. The number of phenolic OH excluding ortho intramolecular Hbond substituents is 1. The maximum absolute atomic E-state index is 12.1. The summed E-state index contributed by atoms with van der Waals surface area (Å²) < 4.78 is 5.29. The number of hydrogen-bond acceptors (Lipinski definition) is 3. The van der Waals surface area contributed by atoms with Gasteiger partial charge in [0.05, 0.1) is 0 Å². The van der Waals surface area contributed by atoms with Gasteiger partial charge in [0.1, 0.15) is 16.7 Å². The summed E-state index contributed by atoms with van der Waals surface area (Å²) in [6.45, 7) is 0. The Labute approximate surface area is 126 Å². The van der Waals surface area contributed by atoms with Crippen molar-refractivity contribution in [3.05, 3.63) is 77.2 Å². The molecule has 0 aliphatic rings. The first-order valence-corrected chi connectivity index (χ1v) is 6.98. The zero-order chi connectivity index (χ0) is 15.1. The van der Waals surface area contributed by atoms with Gasteiger partial charge in [0, 0.05) is 10.8 Å². The number of hydrogen-bond donors (Lipinski definition) is 1. The Kier molecular flexibility index (Phi) is 2.73. The molecule has 0 amide bonds. The van der Waals surface area contributed by atoms with E-state index in [1.54, 1.807) is 12.1 Å². The number of aromatic hydroxyl groups is 1. The molecule has 0 saturated carbocycles. The molecule has 1 aromatic heterocycles. The summed E-state index contributed by atoms with van der Waals surface area (Å²) in [4.78, 5) is 12.1.